The van der Waals surface area contributed by atoms with Gasteiger partial charge in [-0.15, -0.1) is 0 Å². The zero-order valence-electron chi connectivity index (χ0n) is 16.7. The molecule has 0 spiro atoms. The van der Waals surface area contributed by atoms with Gasteiger partial charge in [-0.2, -0.15) is 0 Å². The van der Waals surface area contributed by atoms with Gasteiger partial charge in [-0.3, -0.25) is 19.3 Å². The van der Waals surface area contributed by atoms with E-state index in [2.05, 4.69) is 5.32 Å². The van der Waals surface area contributed by atoms with Crippen LogP contribution in [0.15, 0.2) is 72.8 Å². The van der Waals surface area contributed by atoms with Gasteiger partial charge < -0.3 is 10.1 Å². The van der Waals surface area contributed by atoms with Gasteiger partial charge in [-0.1, -0.05) is 48.0 Å². The number of amides is 3. The van der Waals surface area contributed by atoms with Crippen LogP contribution in [0.4, 0.5) is 5.69 Å². The average molecular weight is 449 g/mol. The number of hydrogen-bond donors (Lipinski definition) is 1. The Morgan fingerprint density at radius 2 is 1.62 bits per heavy atom. The molecule has 1 heterocycles. The second-order valence-corrected chi connectivity index (χ2v) is 7.51. The van der Waals surface area contributed by atoms with E-state index in [4.69, 9.17) is 16.3 Å². The van der Waals surface area contributed by atoms with Crippen LogP contribution >= 0.6 is 11.6 Å². The lowest BCUT2D eigenvalue weighted by molar-refractivity contribution is -0.119. The molecule has 0 atom stereocenters. The monoisotopic (exact) mass is 448 g/mol. The van der Waals surface area contributed by atoms with Crippen molar-refractivity contribution in [1.29, 1.82) is 0 Å². The lowest BCUT2D eigenvalue weighted by Gasteiger charge is -2.13. The molecule has 7 nitrogen and oxygen atoms in total. The number of fused-ring (bicyclic) bond motifs is 1. The first-order valence-corrected chi connectivity index (χ1v) is 10.1. The summed E-state index contributed by atoms with van der Waals surface area (Å²) in [5, 5.41) is 3.02. The van der Waals surface area contributed by atoms with E-state index in [-0.39, 0.29) is 23.2 Å². The Morgan fingerprint density at radius 3 is 2.38 bits per heavy atom. The molecule has 0 aromatic heterocycles. The maximum Gasteiger partial charge on any atom is 0.338 e. The summed E-state index contributed by atoms with van der Waals surface area (Å²) in [7, 11) is 0. The van der Waals surface area contributed by atoms with E-state index in [1.165, 1.54) is 18.2 Å². The summed E-state index contributed by atoms with van der Waals surface area (Å²) >= 11 is 5.87. The molecule has 4 rings (SSSR count). The smallest absolute Gasteiger partial charge is 0.338 e. The van der Waals surface area contributed by atoms with Crippen molar-refractivity contribution in [3.63, 3.8) is 0 Å². The van der Waals surface area contributed by atoms with Crippen LogP contribution in [-0.4, -0.2) is 35.2 Å². The average Bonchev–Trinajstić information content (AvgIpc) is 3.02. The standard InChI is InChI=1S/C24H17ClN2O5/c25-17-7-4-8-18(12-17)26-21(28)14-32-24(31)16-9-10-19-20(11-16)23(30)27(22(19)29)13-15-5-2-1-3-6-15/h1-12H,13-14H2,(H,26,28). The van der Waals surface area contributed by atoms with Crippen molar-refractivity contribution in [2.24, 2.45) is 0 Å². The summed E-state index contributed by atoms with van der Waals surface area (Å²) in [6.07, 6.45) is 0. The summed E-state index contributed by atoms with van der Waals surface area (Å²) in [6, 6.07) is 19.8. The number of anilines is 1. The third-order valence-corrected chi connectivity index (χ3v) is 5.07. The Kier molecular flexibility index (Phi) is 6.00. The Labute approximate surface area is 188 Å². The lowest BCUT2D eigenvalue weighted by Crippen LogP contribution is -2.29. The zero-order valence-corrected chi connectivity index (χ0v) is 17.5. The highest BCUT2D eigenvalue weighted by Crippen LogP contribution is 2.26. The number of rotatable bonds is 6. The van der Waals surface area contributed by atoms with E-state index in [9.17, 15) is 19.2 Å². The number of halogens is 1. The molecule has 0 saturated heterocycles. The fourth-order valence-electron chi connectivity index (χ4n) is 3.31. The van der Waals surface area contributed by atoms with Crippen molar-refractivity contribution < 1.29 is 23.9 Å². The third kappa shape index (κ3) is 4.53. The Balaban J connectivity index is 1.41. The number of nitrogens with zero attached hydrogens (tertiary/aromatic N) is 1. The highest BCUT2D eigenvalue weighted by molar-refractivity contribution is 6.30. The summed E-state index contributed by atoms with van der Waals surface area (Å²) in [6.45, 7) is -0.383. The van der Waals surface area contributed by atoms with Crippen LogP contribution in [0.3, 0.4) is 0 Å². The van der Waals surface area contributed by atoms with E-state index in [0.717, 1.165) is 10.5 Å². The van der Waals surface area contributed by atoms with Crippen LogP contribution in [0.5, 0.6) is 0 Å². The largest absolute Gasteiger partial charge is 0.452 e. The van der Waals surface area contributed by atoms with Crippen LogP contribution < -0.4 is 5.32 Å². The van der Waals surface area contributed by atoms with E-state index in [1.54, 1.807) is 24.3 Å². The molecule has 32 heavy (non-hydrogen) atoms. The minimum absolute atomic E-state index is 0.0713. The van der Waals surface area contributed by atoms with Gasteiger partial charge >= 0.3 is 5.97 Å². The Morgan fingerprint density at radius 1 is 0.875 bits per heavy atom. The van der Waals surface area contributed by atoms with Gasteiger partial charge in [0, 0.05) is 10.7 Å². The first-order valence-electron chi connectivity index (χ1n) is 9.69. The van der Waals surface area contributed by atoms with Crippen molar-refractivity contribution in [3.05, 3.63) is 100 Å². The molecule has 0 unspecified atom stereocenters. The SMILES string of the molecule is O=C(COC(=O)c1ccc2c(c1)C(=O)N(Cc1ccccc1)C2=O)Nc1cccc(Cl)c1. The number of imide groups is 1. The van der Waals surface area contributed by atoms with Crippen molar-refractivity contribution >= 4 is 41.0 Å². The normalized spacial score (nSPS) is 12.5. The predicted molar refractivity (Wildman–Crippen MR) is 117 cm³/mol. The molecule has 0 radical (unpaired) electrons. The van der Waals surface area contributed by atoms with Gasteiger partial charge in [-0.05, 0) is 42.0 Å². The Bertz CT molecular complexity index is 1230. The summed E-state index contributed by atoms with van der Waals surface area (Å²) in [5.74, 6) is -2.23. The van der Waals surface area contributed by atoms with Gasteiger partial charge in [0.1, 0.15) is 0 Å². The van der Waals surface area contributed by atoms with Gasteiger partial charge in [0.05, 0.1) is 23.2 Å². The first-order chi connectivity index (χ1) is 15.4. The van der Waals surface area contributed by atoms with Crippen molar-refractivity contribution in [1.82, 2.24) is 4.90 Å². The van der Waals surface area contributed by atoms with E-state index >= 15 is 0 Å². The second kappa shape index (κ2) is 9.03. The molecule has 1 aliphatic heterocycles. The highest BCUT2D eigenvalue weighted by Gasteiger charge is 2.36. The highest BCUT2D eigenvalue weighted by atomic mass is 35.5. The van der Waals surface area contributed by atoms with Crippen molar-refractivity contribution in [2.75, 3.05) is 11.9 Å². The number of benzene rings is 3. The number of hydrogen-bond acceptors (Lipinski definition) is 5. The van der Waals surface area contributed by atoms with Gasteiger partial charge in [0.25, 0.3) is 17.7 Å². The minimum atomic E-state index is -0.782. The van der Waals surface area contributed by atoms with Crippen LogP contribution in [0, 0.1) is 0 Å². The van der Waals surface area contributed by atoms with Crippen LogP contribution in [-0.2, 0) is 16.1 Å². The van der Waals surface area contributed by atoms with E-state index < -0.39 is 30.3 Å². The molecule has 8 heteroatoms. The zero-order chi connectivity index (χ0) is 22.7. The molecule has 0 aliphatic carbocycles. The molecular formula is C24H17ClN2O5. The lowest BCUT2D eigenvalue weighted by atomic mass is 10.1. The molecule has 0 fully saturated rings. The van der Waals surface area contributed by atoms with Crippen LogP contribution in [0.25, 0.3) is 0 Å². The van der Waals surface area contributed by atoms with Gasteiger partial charge in [-0.25, -0.2) is 4.79 Å². The maximum atomic E-state index is 12.8. The van der Waals surface area contributed by atoms with Gasteiger partial charge in [0.2, 0.25) is 0 Å². The number of ether oxygens (including phenoxy) is 1. The fourth-order valence-corrected chi connectivity index (χ4v) is 3.50. The molecule has 160 valence electrons. The molecule has 3 amide bonds. The molecule has 1 N–H and O–H groups in total. The topological polar surface area (TPSA) is 92.8 Å². The molecular weight excluding hydrogens is 432 g/mol. The first kappa shape index (κ1) is 21.3. The van der Waals surface area contributed by atoms with E-state index in [0.29, 0.717) is 10.7 Å². The quantitative estimate of drug-likeness (QED) is 0.455. The second-order valence-electron chi connectivity index (χ2n) is 7.08. The van der Waals surface area contributed by atoms with Crippen LogP contribution in [0.1, 0.15) is 36.6 Å². The number of nitrogens with one attached hydrogen (secondary N) is 1. The fraction of sp³-hybridized carbons (Fsp3) is 0.0833. The molecule has 3 aromatic rings. The number of carbonyl (C=O) groups is 4. The predicted octanol–water partition coefficient (Wildman–Crippen LogP) is 3.93. The molecule has 0 bridgehead atoms. The molecule has 1 aliphatic rings. The van der Waals surface area contributed by atoms with Crippen molar-refractivity contribution in [2.45, 2.75) is 6.54 Å². The maximum absolute atomic E-state index is 12.8. The molecule has 3 aromatic carbocycles. The van der Waals surface area contributed by atoms with E-state index in [1.807, 2.05) is 30.3 Å². The van der Waals surface area contributed by atoms with Gasteiger partial charge in [0.15, 0.2) is 6.61 Å². The Hall–Kier alpha value is -3.97. The summed E-state index contributed by atoms with van der Waals surface area (Å²) < 4.78 is 5.04. The minimum Gasteiger partial charge on any atom is -0.452 e. The number of esters is 1. The number of carbonyl (C=O) groups excluding carboxylic acids is 4. The molecule has 0 saturated carbocycles. The third-order valence-electron chi connectivity index (χ3n) is 4.83. The van der Waals surface area contributed by atoms with Crippen LogP contribution in [0.2, 0.25) is 5.02 Å². The van der Waals surface area contributed by atoms with Crippen molar-refractivity contribution in [3.8, 4) is 0 Å². The summed E-state index contributed by atoms with van der Waals surface area (Å²) in [4.78, 5) is 50.9. The summed E-state index contributed by atoms with van der Waals surface area (Å²) in [5.41, 5.74) is 1.71.